The SMILES string of the molecule is CCC(CC)C(=O)/C=C(\O)C(CC)CC.Cc1c[c-]c2c(c1)C(C)(C)c1ccc(-c3ccccc3)c3oc4c(C)cnc-2c4c13.[Ir]. The Morgan fingerprint density at radius 1 is 0.913 bits per heavy atom. The Kier molecular flexibility index (Phi) is 11.1. The molecular formula is C41H46IrNO3-. The van der Waals surface area contributed by atoms with E-state index in [4.69, 9.17) is 9.40 Å². The van der Waals surface area contributed by atoms with Crippen LogP contribution in [0.3, 0.4) is 0 Å². The molecule has 1 radical (unpaired) electrons. The average molecular weight is 793 g/mol. The fourth-order valence-corrected chi connectivity index (χ4v) is 6.77. The van der Waals surface area contributed by atoms with Gasteiger partial charge in [0.1, 0.15) is 11.2 Å². The first-order valence-electron chi connectivity index (χ1n) is 16.4. The second-order valence-corrected chi connectivity index (χ2v) is 12.9. The number of aromatic nitrogens is 1. The summed E-state index contributed by atoms with van der Waals surface area (Å²) in [7, 11) is 0. The van der Waals surface area contributed by atoms with Gasteiger partial charge in [0.05, 0.1) is 5.76 Å². The molecule has 0 fully saturated rings. The minimum atomic E-state index is -0.198. The Morgan fingerprint density at radius 3 is 2.20 bits per heavy atom. The Balaban J connectivity index is 0.000000259. The molecule has 46 heavy (non-hydrogen) atoms. The third-order valence-electron chi connectivity index (χ3n) is 9.66. The Labute approximate surface area is 287 Å². The van der Waals surface area contributed by atoms with E-state index in [0.717, 1.165) is 70.2 Å². The van der Waals surface area contributed by atoms with Crippen molar-refractivity contribution in [1.29, 1.82) is 0 Å². The molecule has 243 valence electrons. The summed E-state index contributed by atoms with van der Waals surface area (Å²) in [4.78, 5) is 16.6. The van der Waals surface area contributed by atoms with Crippen molar-refractivity contribution in [2.45, 2.75) is 86.5 Å². The van der Waals surface area contributed by atoms with Crippen LogP contribution in [0.15, 0.2) is 77.0 Å². The number of aliphatic hydroxyl groups excluding tert-OH is 1. The smallest absolute Gasteiger partial charge is 0.162 e. The molecule has 0 spiro atoms. The van der Waals surface area contributed by atoms with Gasteiger partial charge in [-0.1, -0.05) is 90.9 Å². The zero-order valence-corrected chi connectivity index (χ0v) is 30.8. The van der Waals surface area contributed by atoms with Gasteiger partial charge in [-0.2, -0.15) is 0 Å². The van der Waals surface area contributed by atoms with E-state index >= 15 is 0 Å². The zero-order valence-electron chi connectivity index (χ0n) is 28.4. The normalized spacial score (nSPS) is 13.4. The van der Waals surface area contributed by atoms with Crippen molar-refractivity contribution in [3.05, 3.63) is 101 Å². The topological polar surface area (TPSA) is 63.3 Å². The standard InChI is InChI=1S/C28H22NO.C13H24O2.Ir/c1-16-10-11-20-22(14-16)28(3,4)21-13-12-19(18-8-6-5-7-9-18)27-23(21)24-25(20)29-15-17(2)26(24)30-27;1-5-10(6-2)12(14)9-13(15)11(7-3)8-4;/h5-10,12-15H,1-4H3;9-11,14H,5-8H2,1-4H3;/q-1;;/b;12-9-;. The number of aliphatic hydroxyl groups is 1. The van der Waals surface area contributed by atoms with Gasteiger partial charge in [0.15, 0.2) is 5.78 Å². The molecule has 2 aromatic heterocycles. The van der Waals surface area contributed by atoms with Crippen LogP contribution in [0.5, 0.6) is 0 Å². The van der Waals surface area contributed by atoms with Crippen molar-refractivity contribution >= 4 is 27.7 Å². The number of nitrogens with zero attached hydrogens (tertiary/aromatic N) is 1. The van der Waals surface area contributed by atoms with E-state index in [1.807, 2.05) is 40.0 Å². The summed E-state index contributed by atoms with van der Waals surface area (Å²) in [6.07, 6.45) is 6.83. The molecule has 5 aromatic rings. The van der Waals surface area contributed by atoms with Crippen LogP contribution in [-0.2, 0) is 30.3 Å². The Morgan fingerprint density at radius 2 is 1.57 bits per heavy atom. The third-order valence-corrected chi connectivity index (χ3v) is 9.66. The van der Waals surface area contributed by atoms with E-state index in [2.05, 4.69) is 82.3 Å². The zero-order chi connectivity index (χ0) is 32.5. The molecular weight excluding hydrogens is 747 g/mol. The molecule has 1 aliphatic carbocycles. The Hall–Kier alpha value is -3.53. The predicted octanol–water partition coefficient (Wildman–Crippen LogP) is 11.2. The minimum absolute atomic E-state index is 0. The van der Waals surface area contributed by atoms with E-state index in [0.29, 0.717) is 0 Å². The number of hydrogen-bond acceptors (Lipinski definition) is 4. The van der Waals surface area contributed by atoms with Crippen molar-refractivity contribution in [3.63, 3.8) is 0 Å². The maximum Gasteiger partial charge on any atom is 0.162 e. The van der Waals surface area contributed by atoms with Crippen molar-refractivity contribution in [3.8, 4) is 22.4 Å². The van der Waals surface area contributed by atoms with Crippen LogP contribution in [0.2, 0.25) is 0 Å². The van der Waals surface area contributed by atoms with Crippen molar-refractivity contribution in [2.75, 3.05) is 0 Å². The van der Waals surface area contributed by atoms with Gasteiger partial charge in [-0.3, -0.25) is 4.79 Å². The molecule has 1 N–H and O–H groups in total. The quantitative estimate of drug-likeness (QED) is 0.0966. The second kappa shape index (κ2) is 14.5. The number of hydrogen-bond donors (Lipinski definition) is 1. The van der Waals surface area contributed by atoms with Crippen LogP contribution < -0.4 is 0 Å². The molecule has 6 rings (SSSR count). The maximum atomic E-state index is 11.7. The van der Waals surface area contributed by atoms with Crippen LogP contribution in [0, 0.1) is 31.7 Å². The van der Waals surface area contributed by atoms with Crippen LogP contribution in [0.4, 0.5) is 0 Å². The summed E-state index contributed by atoms with van der Waals surface area (Å²) in [5, 5.41) is 12.1. The number of allylic oxidation sites excluding steroid dienone is 2. The van der Waals surface area contributed by atoms with E-state index in [1.54, 1.807) is 0 Å². The fourth-order valence-electron chi connectivity index (χ4n) is 6.77. The molecule has 0 bridgehead atoms. The first-order chi connectivity index (χ1) is 21.6. The van der Waals surface area contributed by atoms with Gasteiger partial charge in [-0.15, -0.1) is 34.9 Å². The molecule has 0 unspecified atom stereocenters. The second-order valence-electron chi connectivity index (χ2n) is 12.9. The summed E-state index contributed by atoms with van der Waals surface area (Å²) in [5.74, 6) is 0.547. The fraction of sp³-hybridized carbons (Fsp3) is 0.366. The van der Waals surface area contributed by atoms with Crippen LogP contribution in [0.1, 0.15) is 89.5 Å². The molecule has 3 aromatic carbocycles. The van der Waals surface area contributed by atoms with Gasteiger partial charge >= 0.3 is 0 Å². The number of benzene rings is 3. The number of pyridine rings is 1. The summed E-state index contributed by atoms with van der Waals surface area (Å²) < 4.78 is 6.60. The molecule has 0 amide bonds. The Bertz CT molecular complexity index is 1880. The van der Waals surface area contributed by atoms with Gasteiger partial charge in [0.25, 0.3) is 0 Å². The first-order valence-corrected chi connectivity index (χ1v) is 16.4. The van der Waals surface area contributed by atoms with E-state index in [-0.39, 0.29) is 48.9 Å². The molecule has 0 aliphatic heterocycles. The summed E-state index contributed by atoms with van der Waals surface area (Å²) >= 11 is 0. The molecule has 0 saturated carbocycles. The average Bonchev–Trinajstić information content (AvgIpc) is 3.41. The van der Waals surface area contributed by atoms with Gasteiger partial charge in [0.2, 0.25) is 0 Å². The van der Waals surface area contributed by atoms with Gasteiger partial charge in [-0.25, -0.2) is 0 Å². The van der Waals surface area contributed by atoms with Crippen LogP contribution in [-0.4, -0.2) is 15.9 Å². The summed E-state index contributed by atoms with van der Waals surface area (Å²) in [6, 6.07) is 22.9. The van der Waals surface area contributed by atoms with Crippen molar-refractivity contribution < 1.29 is 34.4 Å². The van der Waals surface area contributed by atoms with Crippen molar-refractivity contribution in [1.82, 2.24) is 4.98 Å². The number of rotatable bonds is 8. The van der Waals surface area contributed by atoms with Gasteiger partial charge in [0, 0.05) is 66.1 Å². The van der Waals surface area contributed by atoms with E-state index in [9.17, 15) is 9.90 Å². The number of fused-ring (bicyclic) bond motifs is 2. The number of furan rings is 1. The maximum absolute atomic E-state index is 11.7. The summed E-state index contributed by atoms with van der Waals surface area (Å²) in [5.41, 5.74) is 10.8. The third kappa shape index (κ3) is 6.37. The number of ketones is 1. The summed E-state index contributed by atoms with van der Waals surface area (Å²) in [6.45, 7) is 16.9. The van der Waals surface area contributed by atoms with E-state index in [1.165, 1.54) is 28.2 Å². The number of carbonyl (C=O) groups is 1. The van der Waals surface area contributed by atoms with Crippen LogP contribution in [0.25, 0.3) is 44.3 Å². The van der Waals surface area contributed by atoms with Crippen LogP contribution >= 0.6 is 0 Å². The number of aryl methyl sites for hydroxylation is 2. The van der Waals surface area contributed by atoms with E-state index < -0.39 is 0 Å². The molecule has 0 saturated heterocycles. The molecule has 1 aliphatic rings. The number of carbonyl (C=O) groups excluding carboxylic acids is 1. The molecule has 2 heterocycles. The van der Waals surface area contributed by atoms with Gasteiger partial charge in [-0.05, 0) is 54.8 Å². The molecule has 5 heteroatoms. The largest absolute Gasteiger partial charge is 0.512 e. The first kappa shape index (κ1) is 35.3. The van der Waals surface area contributed by atoms with Gasteiger partial charge < -0.3 is 14.5 Å². The monoisotopic (exact) mass is 793 g/mol. The van der Waals surface area contributed by atoms with Crippen molar-refractivity contribution in [2.24, 2.45) is 11.8 Å². The minimum Gasteiger partial charge on any atom is -0.512 e. The molecule has 0 atom stereocenters. The predicted molar refractivity (Wildman–Crippen MR) is 187 cm³/mol. The molecule has 4 nitrogen and oxygen atoms in total.